The van der Waals surface area contributed by atoms with Gasteiger partial charge in [-0.05, 0) is 25.2 Å². The van der Waals surface area contributed by atoms with Gasteiger partial charge >= 0.3 is 5.97 Å². The highest BCUT2D eigenvalue weighted by atomic mass is 79.9. The predicted octanol–water partition coefficient (Wildman–Crippen LogP) is 3.63. The van der Waals surface area contributed by atoms with Crippen LogP contribution in [0.15, 0.2) is 0 Å². The van der Waals surface area contributed by atoms with Crippen LogP contribution in [0.2, 0.25) is 0 Å². The number of hydrogen-bond donors (Lipinski definition) is 0. The quantitative estimate of drug-likeness (QED) is 0.409. The Labute approximate surface area is 118 Å². The first-order valence-corrected chi connectivity index (χ1v) is 7.56. The molecule has 0 spiro atoms. The molecule has 1 saturated carbocycles. The van der Waals surface area contributed by atoms with Gasteiger partial charge in [-0.15, -0.1) is 0 Å². The van der Waals surface area contributed by atoms with E-state index in [1.54, 1.807) is 0 Å². The Hall–Kier alpha value is -0.380. The van der Waals surface area contributed by atoms with E-state index in [0.29, 0.717) is 24.5 Å². The molecular weight excluding hydrogens is 296 g/mol. The second-order valence-electron chi connectivity index (χ2n) is 5.39. The number of methoxy groups -OCH3 is 1. The summed E-state index contributed by atoms with van der Waals surface area (Å²) in [6, 6.07) is 0. The third-order valence-electron chi connectivity index (χ3n) is 3.64. The molecule has 18 heavy (non-hydrogen) atoms. The Bertz CT molecular complexity index is 303. The number of unbranched alkanes of at least 4 members (excludes halogenated alkanes) is 3. The van der Waals surface area contributed by atoms with Crippen molar-refractivity contribution in [2.75, 3.05) is 7.11 Å². The molecule has 0 aliphatic heterocycles. The largest absolute Gasteiger partial charge is 0.469 e. The zero-order valence-electron chi connectivity index (χ0n) is 11.3. The fourth-order valence-electron chi connectivity index (χ4n) is 2.61. The summed E-state index contributed by atoms with van der Waals surface area (Å²) in [5, 5.41) is 0. The summed E-state index contributed by atoms with van der Waals surface area (Å²) in [5.41, 5.74) is 0. The van der Waals surface area contributed by atoms with Crippen molar-refractivity contribution in [3.63, 3.8) is 0 Å². The van der Waals surface area contributed by atoms with Gasteiger partial charge in [-0.1, -0.05) is 42.1 Å². The highest BCUT2D eigenvalue weighted by Crippen LogP contribution is 2.41. The molecule has 0 bridgehead atoms. The topological polar surface area (TPSA) is 43.4 Å². The molecule has 1 rings (SSSR count). The van der Waals surface area contributed by atoms with Gasteiger partial charge in [0.1, 0.15) is 5.78 Å². The van der Waals surface area contributed by atoms with Crippen LogP contribution >= 0.6 is 15.9 Å². The van der Waals surface area contributed by atoms with Gasteiger partial charge in [0.25, 0.3) is 0 Å². The van der Waals surface area contributed by atoms with Crippen molar-refractivity contribution >= 4 is 27.7 Å². The van der Waals surface area contributed by atoms with Crippen LogP contribution in [0, 0.1) is 5.92 Å². The lowest BCUT2D eigenvalue weighted by Crippen LogP contribution is -2.25. The minimum atomic E-state index is -0.255. The minimum absolute atomic E-state index is 0.133. The molecule has 3 nitrogen and oxygen atoms in total. The van der Waals surface area contributed by atoms with Crippen molar-refractivity contribution < 1.29 is 14.3 Å². The summed E-state index contributed by atoms with van der Waals surface area (Å²) < 4.78 is 4.33. The molecule has 2 atom stereocenters. The molecule has 1 fully saturated rings. The third-order valence-corrected chi connectivity index (χ3v) is 4.80. The van der Waals surface area contributed by atoms with E-state index in [2.05, 4.69) is 27.6 Å². The molecule has 1 aliphatic rings. The Kier molecular flexibility index (Phi) is 6.33. The van der Waals surface area contributed by atoms with Gasteiger partial charge in [-0.2, -0.15) is 0 Å². The minimum Gasteiger partial charge on any atom is -0.469 e. The van der Waals surface area contributed by atoms with Crippen molar-refractivity contribution in [2.24, 2.45) is 5.92 Å². The van der Waals surface area contributed by atoms with E-state index >= 15 is 0 Å². The van der Waals surface area contributed by atoms with Crippen LogP contribution in [-0.4, -0.2) is 23.2 Å². The maximum Gasteiger partial charge on any atom is 0.305 e. The Balaban J connectivity index is 2.11. The van der Waals surface area contributed by atoms with Gasteiger partial charge in [-0.3, -0.25) is 9.59 Å². The van der Waals surface area contributed by atoms with Crippen LogP contribution in [0.1, 0.15) is 58.3 Å². The second-order valence-corrected chi connectivity index (χ2v) is 6.91. The highest BCUT2D eigenvalue weighted by molar-refractivity contribution is 9.10. The first-order chi connectivity index (χ1) is 8.48. The van der Waals surface area contributed by atoms with E-state index in [1.165, 1.54) is 7.11 Å². The van der Waals surface area contributed by atoms with Crippen LogP contribution in [0.3, 0.4) is 0 Å². The van der Waals surface area contributed by atoms with E-state index in [0.717, 1.165) is 38.5 Å². The summed E-state index contributed by atoms with van der Waals surface area (Å²) >= 11 is 3.63. The Morgan fingerprint density at radius 3 is 2.61 bits per heavy atom. The zero-order valence-corrected chi connectivity index (χ0v) is 12.9. The van der Waals surface area contributed by atoms with Crippen molar-refractivity contribution in [3.8, 4) is 0 Å². The van der Waals surface area contributed by atoms with Gasteiger partial charge in [0.05, 0.1) is 11.4 Å². The van der Waals surface area contributed by atoms with Gasteiger partial charge < -0.3 is 4.74 Å². The number of halogens is 1. The molecule has 4 heteroatoms. The van der Waals surface area contributed by atoms with Crippen molar-refractivity contribution in [1.29, 1.82) is 0 Å². The average Bonchev–Trinajstić information content (AvgIpc) is 2.57. The number of rotatable bonds is 7. The van der Waals surface area contributed by atoms with Crippen LogP contribution < -0.4 is 0 Å². The fourth-order valence-corrected chi connectivity index (χ4v) is 3.60. The van der Waals surface area contributed by atoms with Crippen LogP contribution in [0.5, 0.6) is 0 Å². The van der Waals surface area contributed by atoms with E-state index < -0.39 is 0 Å². The van der Waals surface area contributed by atoms with Crippen molar-refractivity contribution in [2.45, 2.75) is 62.6 Å². The van der Waals surface area contributed by atoms with Gasteiger partial charge in [-0.25, -0.2) is 0 Å². The SMILES string of the molecule is COC(=O)CCCCCCC1(Br)CC(C)CC1=O. The number of ether oxygens (including phenoxy) is 1. The summed E-state index contributed by atoms with van der Waals surface area (Å²) in [6.07, 6.45) is 7.15. The molecule has 104 valence electrons. The number of carbonyl (C=O) groups excluding carboxylic acids is 2. The lowest BCUT2D eigenvalue weighted by molar-refractivity contribution is -0.140. The van der Waals surface area contributed by atoms with Crippen molar-refractivity contribution in [3.05, 3.63) is 0 Å². The molecule has 2 unspecified atom stereocenters. The molecule has 0 aromatic rings. The molecule has 0 aromatic carbocycles. The summed E-state index contributed by atoms with van der Waals surface area (Å²) in [6.45, 7) is 2.14. The van der Waals surface area contributed by atoms with E-state index in [-0.39, 0.29) is 10.3 Å². The Morgan fingerprint density at radius 2 is 2.06 bits per heavy atom. The zero-order chi connectivity index (χ0) is 13.6. The smallest absolute Gasteiger partial charge is 0.305 e. The van der Waals surface area contributed by atoms with Gasteiger partial charge in [0.15, 0.2) is 0 Å². The maximum absolute atomic E-state index is 11.8. The molecule has 1 aliphatic carbocycles. The normalized spacial score (nSPS) is 27.5. The first kappa shape index (κ1) is 15.7. The monoisotopic (exact) mass is 318 g/mol. The van der Waals surface area contributed by atoms with E-state index in [4.69, 9.17) is 0 Å². The Morgan fingerprint density at radius 1 is 1.39 bits per heavy atom. The summed E-state index contributed by atoms with van der Waals surface area (Å²) in [4.78, 5) is 22.8. The van der Waals surface area contributed by atoms with Crippen LogP contribution in [0.25, 0.3) is 0 Å². The molecular formula is C14H23BrO3. The number of alkyl halides is 1. The highest BCUT2D eigenvalue weighted by Gasteiger charge is 2.42. The first-order valence-electron chi connectivity index (χ1n) is 6.77. The number of hydrogen-bond acceptors (Lipinski definition) is 3. The number of esters is 1. The summed E-state index contributed by atoms with van der Waals surface area (Å²) in [5.74, 6) is 0.743. The lowest BCUT2D eigenvalue weighted by Gasteiger charge is -2.19. The number of ketones is 1. The van der Waals surface area contributed by atoms with E-state index in [1.807, 2.05) is 0 Å². The molecule has 0 radical (unpaired) electrons. The molecule has 0 saturated heterocycles. The van der Waals surface area contributed by atoms with Crippen LogP contribution in [-0.2, 0) is 14.3 Å². The predicted molar refractivity (Wildman–Crippen MR) is 74.8 cm³/mol. The number of Topliss-reactive ketones (excluding diaryl/α,β-unsaturated/α-hetero) is 1. The van der Waals surface area contributed by atoms with Crippen LogP contribution in [0.4, 0.5) is 0 Å². The second kappa shape index (κ2) is 7.27. The summed E-state index contributed by atoms with van der Waals surface area (Å²) in [7, 11) is 1.42. The standard InChI is InChI=1S/C14H23BrO3/c1-11-9-12(16)14(15,10-11)8-6-4-3-5-7-13(17)18-2/h11H,3-10H2,1-2H3. The molecule has 0 aromatic heterocycles. The fraction of sp³-hybridized carbons (Fsp3) is 0.857. The third kappa shape index (κ3) is 4.71. The molecule has 0 N–H and O–H groups in total. The molecule has 0 amide bonds. The average molecular weight is 319 g/mol. The maximum atomic E-state index is 11.8. The van der Waals surface area contributed by atoms with Gasteiger partial charge in [0.2, 0.25) is 0 Å². The van der Waals surface area contributed by atoms with E-state index in [9.17, 15) is 9.59 Å². The number of carbonyl (C=O) groups is 2. The van der Waals surface area contributed by atoms with Gasteiger partial charge in [0, 0.05) is 12.8 Å². The van der Waals surface area contributed by atoms with Crippen molar-refractivity contribution in [1.82, 2.24) is 0 Å². The lowest BCUT2D eigenvalue weighted by atomic mass is 9.97. The molecule has 0 heterocycles.